The Bertz CT molecular complexity index is 926. The van der Waals surface area contributed by atoms with Crippen molar-refractivity contribution >= 4 is 28.4 Å². The first-order chi connectivity index (χ1) is 13.2. The van der Waals surface area contributed by atoms with Crippen molar-refractivity contribution in [3.63, 3.8) is 0 Å². The van der Waals surface area contributed by atoms with E-state index < -0.39 is 0 Å². The van der Waals surface area contributed by atoms with Crippen molar-refractivity contribution in [1.82, 2.24) is 14.8 Å². The highest BCUT2D eigenvalue weighted by Crippen LogP contribution is 2.24. The number of halogens is 1. The van der Waals surface area contributed by atoms with Crippen molar-refractivity contribution in [2.75, 3.05) is 26.2 Å². The summed E-state index contributed by atoms with van der Waals surface area (Å²) in [6.07, 6.45) is 3.54. The van der Waals surface area contributed by atoms with E-state index in [-0.39, 0.29) is 5.91 Å². The SMILES string of the molecule is O=C(CCc1cn(Cc2ccc(Cl)cc2)c2ccccc12)N1CCNCC1. The van der Waals surface area contributed by atoms with Crippen LogP contribution in [0.3, 0.4) is 0 Å². The maximum absolute atomic E-state index is 12.5. The number of hydrogen-bond acceptors (Lipinski definition) is 2. The largest absolute Gasteiger partial charge is 0.343 e. The molecule has 2 aromatic carbocycles. The molecule has 5 heteroatoms. The molecule has 27 heavy (non-hydrogen) atoms. The van der Waals surface area contributed by atoms with Gasteiger partial charge in [0.1, 0.15) is 0 Å². The number of nitrogens with zero attached hydrogens (tertiary/aromatic N) is 2. The minimum atomic E-state index is 0.256. The van der Waals surface area contributed by atoms with Crippen LogP contribution >= 0.6 is 11.6 Å². The van der Waals surface area contributed by atoms with Crippen molar-refractivity contribution < 1.29 is 4.79 Å². The number of fused-ring (bicyclic) bond motifs is 1. The number of aryl methyl sites for hydroxylation is 1. The first-order valence-corrected chi connectivity index (χ1v) is 9.88. The van der Waals surface area contributed by atoms with E-state index >= 15 is 0 Å². The zero-order chi connectivity index (χ0) is 18.6. The average Bonchev–Trinajstić information content (AvgIpc) is 3.06. The van der Waals surface area contributed by atoms with Crippen molar-refractivity contribution in [3.05, 3.63) is 70.9 Å². The number of amides is 1. The number of rotatable bonds is 5. The predicted octanol–water partition coefficient (Wildman–Crippen LogP) is 3.71. The van der Waals surface area contributed by atoms with Crippen LogP contribution in [-0.4, -0.2) is 41.6 Å². The molecule has 1 aliphatic heterocycles. The fraction of sp³-hybridized carbons (Fsp3) is 0.318. The van der Waals surface area contributed by atoms with Crippen LogP contribution in [0.2, 0.25) is 5.02 Å². The van der Waals surface area contributed by atoms with Crippen LogP contribution in [0.15, 0.2) is 54.7 Å². The number of carbonyl (C=O) groups is 1. The number of carbonyl (C=O) groups excluding carboxylic acids is 1. The lowest BCUT2D eigenvalue weighted by atomic mass is 10.1. The third-order valence-electron chi connectivity index (χ3n) is 5.22. The van der Waals surface area contributed by atoms with Gasteiger partial charge in [0.15, 0.2) is 0 Å². The Morgan fingerprint density at radius 3 is 2.56 bits per heavy atom. The fourth-order valence-corrected chi connectivity index (χ4v) is 3.88. The summed E-state index contributed by atoms with van der Waals surface area (Å²) in [4.78, 5) is 14.5. The first-order valence-electron chi connectivity index (χ1n) is 9.50. The second-order valence-corrected chi connectivity index (χ2v) is 7.49. The maximum Gasteiger partial charge on any atom is 0.222 e. The molecular formula is C22H24ClN3O. The van der Waals surface area contributed by atoms with Gasteiger partial charge >= 0.3 is 0 Å². The summed E-state index contributed by atoms with van der Waals surface area (Å²) in [5.74, 6) is 0.256. The molecule has 1 aromatic heterocycles. The summed E-state index contributed by atoms with van der Waals surface area (Å²) in [5.41, 5.74) is 3.66. The fourth-order valence-electron chi connectivity index (χ4n) is 3.75. The predicted molar refractivity (Wildman–Crippen MR) is 110 cm³/mol. The Hall–Kier alpha value is -2.30. The molecule has 4 nitrogen and oxygen atoms in total. The molecule has 0 atom stereocenters. The zero-order valence-electron chi connectivity index (χ0n) is 15.3. The van der Waals surface area contributed by atoms with Gasteiger partial charge in [-0.3, -0.25) is 4.79 Å². The molecule has 0 saturated carbocycles. The Balaban J connectivity index is 1.52. The van der Waals surface area contributed by atoms with E-state index in [9.17, 15) is 4.79 Å². The van der Waals surface area contributed by atoms with Crippen LogP contribution in [0.5, 0.6) is 0 Å². The monoisotopic (exact) mass is 381 g/mol. The van der Waals surface area contributed by atoms with E-state index in [1.807, 2.05) is 17.0 Å². The summed E-state index contributed by atoms with van der Waals surface area (Å²) >= 11 is 6.00. The molecule has 0 spiro atoms. The third kappa shape index (κ3) is 4.18. The molecule has 1 aliphatic rings. The van der Waals surface area contributed by atoms with Gasteiger partial charge in [-0.2, -0.15) is 0 Å². The first kappa shape index (κ1) is 18.1. The Kier molecular flexibility index (Phi) is 5.46. The van der Waals surface area contributed by atoms with Gasteiger partial charge in [0.25, 0.3) is 0 Å². The van der Waals surface area contributed by atoms with Crippen molar-refractivity contribution in [2.45, 2.75) is 19.4 Å². The van der Waals surface area contributed by atoms with Gasteiger partial charge in [-0.25, -0.2) is 0 Å². The van der Waals surface area contributed by atoms with E-state index in [0.717, 1.165) is 44.2 Å². The molecular weight excluding hydrogens is 358 g/mol. The van der Waals surface area contributed by atoms with Crippen LogP contribution in [0.1, 0.15) is 17.5 Å². The summed E-state index contributed by atoms with van der Waals surface area (Å²) in [6.45, 7) is 4.22. The lowest BCUT2D eigenvalue weighted by Gasteiger charge is -2.27. The number of aromatic nitrogens is 1. The van der Waals surface area contributed by atoms with Gasteiger partial charge < -0.3 is 14.8 Å². The molecule has 4 rings (SSSR count). The van der Waals surface area contributed by atoms with E-state index in [1.165, 1.54) is 22.0 Å². The minimum absolute atomic E-state index is 0.256. The molecule has 1 N–H and O–H groups in total. The Morgan fingerprint density at radius 2 is 1.78 bits per heavy atom. The second-order valence-electron chi connectivity index (χ2n) is 7.06. The van der Waals surface area contributed by atoms with E-state index in [2.05, 4.69) is 52.5 Å². The molecule has 0 radical (unpaired) electrons. The number of benzene rings is 2. The quantitative estimate of drug-likeness (QED) is 0.731. The van der Waals surface area contributed by atoms with Gasteiger partial charge in [-0.05, 0) is 35.7 Å². The van der Waals surface area contributed by atoms with Gasteiger partial charge in [-0.1, -0.05) is 41.9 Å². The topological polar surface area (TPSA) is 37.3 Å². The standard InChI is InChI=1S/C22H24ClN3O/c23-19-8-5-17(6-9-19)15-26-16-18(20-3-1-2-4-21(20)26)7-10-22(27)25-13-11-24-12-14-25/h1-6,8-9,16,24H,7,10-15H2. The van der Waals surface area contributed by atoms with Gasteiger partial charge in [-0.15, -0.1) is 0 Å². The summed E-state index contributed by atoms with van der Waals surface area (Å²) in [5, 5.41) is 5.28. The second kappa shape index (κ2) is 8.15. The highest BCUT2D eigenvalue weighted by Gasteiger charge is 2.17. The molecule has 2 heterocycles. The van der Waals surface area contributed by atoms with E-state index in [4.69, 9.17) is 11.6 Å². The van der Waals surface area contributed by atoms with Crippen LogP contribution in [0, 0.1) is 0 Å². The number of nitrogens with one attached hydrogen (secondary N) is 1. The molecule has 3 aromatic rings. The van der Waals surface area contributed by atoms with Gasteiger partial charge in [0.05, 0.1) is 0 Å². The third-order valence-corrected chi connectivity index (χ3v) is 5.47. The summed E-state index contributed by atoms with van der Waals surface area (Å²) in [6, 6.07) is 16.4. The van der Waals surface area contributed by atoms with E-state index in [1.54, 1.807) is 0 Å². The van der Waals surface area contributed by atoms with E-state index in [0.29, 0.717) is 6.42 Å². The smallest absolute Gasteiger partial charge is 0.222 e. The number of para-hydroxylation sites is 1. The highest BCUT2D eigenvalue weighted by atomic mass is 35.5. The summed E-state index contributed by atoms with van der Waals surface area (Å²) < 4.78 is 2.27. The zero-order valence-corrected chi connectivity index (χ0v) is 16.1. The molecule has 1 amide bonds. The molecule has 0 aliphatic carbocycles. The Morgan fingerprint density at radius 1 is 1.04 bits per heavy atom. The highest BCUT2D eigenvalue weighted by molar-refractivity contribution is 6.30. The van der Waals surface area contributed by atoms with Crippen LogP contribution in [0.25, 0.3) is 10.9 Å². The van der Waals surface area contributed by atoms with Crippen LogP contribution < -0.4 is 5.32 Å². The van der Waals surface area contributed by atoms with Crippen molar-refractivity contribution in [1.29, 1.82) is 0 Å². The lowest BCUT2D eigenvalue weighted by Crippen LogP contribution is -2.46. The van der Waals surface area contributed by atoms with Crippen molar-refractivity contribution in [3.8, 4) is 0 Å². The van der Waals surface area contributed by atoms with Crippen molar-refractivity contribution in [2.24, 2.45) is 0 Å². The molecule has 0 unspecified atom stereocenters. The number of hydrogen-bond donors (Lipinski definition) is 1. The Labute approximate surface area is 164 Å². The summed E-state index contributed by atoms with van der Waals surface area (Å²) in [7, 11) is 0. The normalized spacial score (nSPS) is 14.6. The average molecular weight is 382 g/mol. The van der Waals surface area contributed by atoms with Crippen LogP contribution in [0.4, 0.5) is 0 Å². The van der Waals surface area contributed by atoms with Crippen LogP contribution in [-0.2, 0) is 17.8 Å². The molecule has 140 valence electrons. The van der Waals surface area contributed by atoms with Gasteiger partial charge in [0, 0.05) is 61.3 Å². The molecule has 0 bridgehead atoms. The number of piperazine rings is 1. The maximum atomic E-state index is 12.5. The lowest BCUT2D eigenvalue weighted by molar-refractivity contribution is -0.131. The molecule has 1 saturated heterocycles. The molecule has 1 fully saturated rings. The minimum Gasteiger partial charge on any atom is -0.343 e. The van der Waals surface area contributed by atoms with Gasteiger partial charge in [0.2, 0.25) is 5.91 Å².